The first-order valence-electron chi connectivity index (χ1n) is 8.90. The van der Waals surface area contributed by atoms with E-state index < -0.39 is 12.1 Å². The molecule has 2 aliphatic rings. The Labute approximate surface area is 145 Å². The molecule has 2 atom stereocenters. The molecule has 5 nitrogen and oxygen atoms in total. The van der Waals surface area contributed by atoms with E-state index in [0.717, 1.165) is 12.1 Å². The maximum atomic E-state index is 12.8. The minimum absolute atomic E-state index is 0.0231. The Morgan fingerprint density at radius 2 is 2.00 bits per heavy atom. The van der Waals surface area contributed by atoms with Crippen LogP contribution in [0.5, 0.6) is 0 Å². The number of hydrogen-bond acceptors (Lipinski definition) is 3. The van der Waals surface area contributed by atoms with Crippen LogP contribution in [0.1, 0.15) is 50.3 Å². The molecule has 8 heteroatoms. The topological polar surface area (TPSA) is 59.0 Å². The van der Waals surface area contributed by atoms with Crippen LogP contribution in [-0.2, 0) is 11.8 Å². The second-order valence-corrected chi connectivity index (χ2v) is 7.29. The van der Waals surface area contributed by atoms with Gasteiger partial charge in [0.2, 0.25) is 5.91 Å². The van der Waals surface area contributed by atoms with Crippen molar-refractivity contribution >= 4 is 5.91 Å². The van der Waals surface area contributed by atoms with E-state index in [2.05, 4.69) is 15.6 Å². The standard InChI is InChI=1S/C17H25F3N4O/c1-24-10-21-9-14(24)16-13(6-7-15(25)23-16)22-8-11-2-4-12(5-3-11)17(18,19)20/h9-13,16,22H,2-8H2,1H3,(H,23,25)/t11?,12?,13-,16-/m1/s1. The summed E-state index contributed by atoms with van der Waals surface area (Å²) in [5, 5.41) is 6.51. The zero-order chi connectivity index (χ0) is 18.0. The first-order valence-corrected chi connectivity index (χ1v) is 8.90. The normalized spacial score (nSPS) is 31.0. The highest BCUT2D eigenvalue weighted by molar-refractivity contribution is 5.77. The molecule has 1 aliphatic carbocycles. The van der Waals surface area contributed by atoms with Gasteiger partial charge in [0, 0.05) is 19.5 Å². The molecule has 1 aliphatic heterocycles. The number of halogens is 3. The third kappa shape index (κ3) is 4.34. The van der Waals surface area contributed by atoms with Crippen LogP contribution in [0.15, 0.2) is 12.5 Å². The van der Waals surface area contributed by atoms with Crippen LogP contribution in [0, 0.1) is 11.8 Å². The lowest BCUT2D eigenvalue weighted by Gasteiger charge is -2.35. The van der Waals surface area contributed by atoms with Gasteiger partial charge in [0.1, 0.15) is 0 Å². The summed E-state index contributed by atoms with van der Waals surface area (Å²) < 4.78 is 40.2. The molecule has 0 spiro atoms. The van der Waals surface area contributed by atoms with Gasteiger partial charge in [-0.1, -0.05) is 0 Å². The fourth-order valence-corrected chi connectivity index (χ4v) is 3.98. The number of carbonyl (C=O) groups excluding carboxylic acids is 1. The molecular weight excluding hydrogens is 333 g/mol. The van der Waals surface area contributed by atoms with Crippen LogP contribution in [0.4, 0.5) is 13.2 Å². The van der Waals surface area contributed by atoms with Crippen molar-refractivity contribution in [1.82, 2.24) is 20.2 Å². The van der Waals surface area contributed by atoms with E-state index in [1.807, 2.05) is 11.6 Å². The fourth-order valence-electron chi connectivity index (χ4n) is 3.98. The number of aromatic nitrogens is 2. The zero-order valence-corrected chi connectivity index (χ0v) is 14.4. The molecule has 25 heavy (non-hydrogen) atoms. The van der Waals surface area contributed by atoms with E-state index in [1.54, 1.807) is 12.5 Å². The predicted molar refractivity (Wildman–Crippen MR) is 86.6 cm³/mol. The number of piperidine rings is 1. The van der Waals surface area contributed by atoms with E-state index in [0.29, 0.717) is 25.8 Å². The molecule has 0 aromatic carbocycles. The van der Waals surface area contributed by atoms with Crippen LogP contribution in [0.3, 0.4) is 0 Å². The number of rotatable bonds is 4. The predicted octanol–water partition coefficient (Wildman–Crippen LogP) is 2.70. The number of carbonyl (C=O) groups is 1. The minimum atomic E-state index is -4.06. The Kier molecular flexibility index (Phi) is 5.36. The number of alkyl halides is 3. The first-order chi connectivity index (χ1) is 11.8. The van der Waals surface area contributed by atoms with Crippen molar-refractivity contribution in [2.75, 3.05) is 6.54 Å². The second kappa shape index (κ2) is 7.35. The lowest BCUT2D eigenvalue weighted by atomic mass is 9.81. The van der Waals surface area contributed by atoms with Gasteiger partial charge in [-0.2, -0.15) is 13.2 Å². The van der Waals surface area contributed by atoms with Crippen LogP contribution in [0.25, 0.3) is 0 Å². The van der Waals surface area contributed by atoms with E-state index >= 15 is 0 Å². The summed E-state index contributed by atoms with van der Waals surface area (Å²) >= 11 is 0. The number of aryl methyl sites for hydroxylation is 1. The minimum Gasteiger partial charge on any atom is -0.346 e. The van der Waals surface area contributed by atoms with Crippen molar-refractivity contribution in [3.63, 3.8) is 0 Å². The third-order valence-corrected chi connectivity index (χ3v) is 5.55. The van der Waals surface area contributed by atoms with Crippen LogP contribution in [0.2, 0.25) is 0 Å². The number of hydrogen-bond donors (Lipinski definition) is 2. The monoisotopic (exact) mass is 358 g/mol. The van der Waals surface area contributed by atoms with Crippen molar-refractivity contribution in [3.05, 3.63) is 18.2 Å². The summed E-state index contributed by atoms with van der Waals surface area (Å²) in [7, 11) is 1.89. The molecule has 140 valence electrons. The summed E-state index contributed by atoms with van der Waals surface area (Å²) in [5.41, 5.74) is 0.936. The van der Waals surface area contributed by atoms with Crippen molar-refractivity contribution in [1.29, 1.82) is 0 Å². The van der Waals surface area contributed by atoms with Gasteiger partial charge in [-0.25, -0.2) is 4.98 Å². The van der Waals surface area contributed by atoms with Crippen LogP contribution < -0.4 is 10.6 Å². The molecule has 2 N–H and O–H groups in total. The lowest BCUT2D eigenvalue weighted by molar-refractivity contribution is -0.183. The number of nitrogens with zero attached hydrogens (tertiary/aromatic N) is 2. The molecule has 0 radical (unpaired) electrons. The number of amides is 1. The fraction of sp³-hybridized carbons (Fsp3) is 0.765. The molecule has 3 rings (SSSR count). The van der Waals surface area contributed by atoms with Gasteiger partial charge in [-0.3, -0.25) is 4.79 Å². The third-order valence-electron chi connectivity index (χ3n) is 5.55. The Morgan fingerprint density at radius 3 is 2.60 bits per heavy atom. The molecule has 1 amide bonds. The second-order valence-electron chi connectivity index (χ2n) is 7.29. The molecule has 1 saturated heterocycles. The average molecular weight is 358 g/mol. The Hall–Kier alpha value is -1.57. The van der Waals surface area contributed by atoms with Crippen molar-refractivity contribution in [2.24, 2.45) is 18.9 Å². The Balaban J connectivity index is 1.55. The number of imidazole rings is 1. The first kappa shape index (κ1) is 18.2. The zero-order valence-electron chi connectivity index (χ0n) is 14.4. The summed E-state index contributed by atoms with van der Waals surface area (Å²) in [6, 6.07) is -0.0753. The van der Waals surface area contributed by atoms with Gasteiger partial charge in [0.25, 0.3) is 0 Å². The van der Waals surface area contributed by atoms with Gasteiger partial charge >= 0.3 is 6.18 Å². The maximum absolute atomic E-state index is 12.8. The smallest absolute Gasteiger partial charge is 0.346 e. The van der Waals surface area contributed by atoms with E-state index in [4.69, 9.17) is 0 Å². The van der Waals surface area contributed by atoms with Gasteiger partial charge in [-0.15, -0.1) is 0 Å². The molecule has 2 fully saturated rings. The largest absolute Gasteiger partial charge is 0.391 e. The van der Waals surface area contributed by atoms with E-state index in [9.17, 15) is 18.0 Å². The van der Waals surface area contributed by atoms with Crippen LogP contribution in [-0.4, -0.2) is 34.2 Å². The molecule has 1 aromatic heterocycles. The summed E-state index contributed by atoms with van der Waals surface area (Å²) in [6.45, 7) is 0.694. The summed E-state index contributed by atoms with van der Waals surface area (Å²) in [6.07, 6.45) is 2.23. The molecular formula is C17H25F3N4O. The SMILES string of the molecule is Cn1cncc1[C@@H]1NC(=O)CC[C@H]1NCC1CCC(C(F)(F)F)CC1. The quantitative estimate of drug-likeness (QED) is 0.870. The molecule has 0 bridgehead atoms. The molecule has 0 unspecified atom stereocenters. The molecule has 2 heterocycles. The van der Waals surface area contributed by atoms with Gasteiger partial charge in [0.05, 0.1) is 30.2 Å². The average Bonchev–Trinajstić information content (AvgIpc) is 2.99. The van der Waals surface area contributed by atoms with Crippen LogP contribution >= 0.6 is 0 Å². The van der Waals surface area contributed by atoms with E-state index in [-0.39, 0.29) is 36.8 Å². The highest BCUT2D eigenvalue weighted by Crippen LogP contribution is 2.39. The van der Waals surface area contributed by atoms with Gasteiger partial charge in [0.15, 0.2) is 0 Å². The van der Waals surface area contributed by atoms with Gasteiger partial charge < -0.3 is 15.2 Å². The van der Waals surface area contributed by atoms with E-state index in [1.165, 1.54) is 0 Å². The highest BCUT2D eigenvalue weighted by Gasteiger charge is 2.41. The molecule has 1 saturated carbocycles. The Bertz CT molecular complexity index is 593. The molecule has 1 aromatic rings. The lowest BCUT2D eigenvalue weighted by Crippen LogP contribution is -2.50. The van der Waals surface area contributed by atoms with Crippen molar-refractivity contribution in [3.8, 4) is 0 Å². The van der Waals surface area contributed by atoms with Crippen molar-refractivity contribution < 1.29 is 18.0 Å². The maximum Gasteiger partial charge on any atom is 0.391 e. The summed E-state index contributed by atoms with van der Waals surface area (Å²) in [5.74, 6) is -0.849. The Morgan fingerprint density at radius 1 is 1.28 bits per heavy atom. The number of nitrogens with one attached hydrogen (secondary N) is 2. The summed E-state index contributed by atoms with van der Waals surface area (Å²) in [4.78, 5) is 15.9. The highest BCUT2D eigenvalue weighted by atomic mass is 19.4. The van der Waals surface area contributed by atoms with Crippen molar-refractivity contribution in [2.45, 2.75) is 56.8 Å². The van der Waals surface area contributed by atoms with Gasteiger partial charge in [-0.05, 0) is 44.6 Å².